The largest absolute Gasteiger partial charge is 0.356 e. The maximum absolute atomic E-state index is 6.16. The Morgan fingerprint density at radius 1 is 1.10 bits per heavy atom. The highest BCUT2D eigenvalue weighted by molar-refractivity contribution is 6.29. The lowest BCUT2D eigenvalue weighted by atomic mass is 9.75. The lowest BCUT2D eigenvalue weighted by molar-refractivity contribution is 0.198. The summed E-state index contributed by atoms with van der Waals surface area (Å²) in [4.78, 5) is 11.5. The lowest BCUT2D eigenvalue weighted by Crippen LogP contribution is -2.38. The Morgan fingerprint density at radius 2 is 1.75 bits per heavy atom. The topological polar surface area (TPSA) is 29.0 Å². The van der Waals surface area contributed by atoms with Crippen molar-refractivity contribution < 1.29 is 0 Å². The quantitative estimate of drug-likeness (QED) is 0.763. The van der Waals surface area contributed by atoms with Gasteiger partial charge in [0.1, 0.15) is 16.8 Å². The van der Waals surface area contributed by atoms with Crippen LogP contribution in [0.2, 0.25) is 5.15 Å². The van der Waals surface area contributed by atoms with E-state index in [-0.39, 0.29) is 0 Å². The minimum atomic E-state index is 0.411. The molecule has 0 aromatic carbocycles. The summed E-state index contributed by atoms with van der Waals surface area (Å²) in [7, 11) is 0. The molecule has 4 heteroatoms. The van der Waals surface area contributed by atoms with Crippen molar-refractivity contribution in [2.24, 2.45) is 11.3 Å². The van der Waals surface area contributed by atoms with Crippen molar-refractivity contribution in [1.29, 1.82) is 0 Å². The summed E-state index contributed by atoms with van der Waals surface area (Å²) >= 11 is 6.16. The number of hydrogen-bond donors (Lipinski definition) is 0. The van der Waals surface area contributed by atoms with Crippen LogP contribution in [0.25, 0.3) is 0 Å². The van der Waals surface area contributed by atoms with Gasteiger partial charge >= 0.3 is 0 Å². The molecule has 2 heterocycles. The molecule has 1 aromatic heterocycles. The average molecular weight is 294 g/mol. The highest BCUT2D eigenvalue weighted by atomic mass is 35.5. The van der Waals surface area contributed by atoms with Gasteiger partial charge in [0.15, 0.2) is 0 Å². The Morgan fingerprint density at radius 3 is 2.30 bits per heavy atom. The number of piperidine rings is 1. The molecule has 0 spiro atoms. The minimum Gasteiger partial charge on any atom is -0.356 e. The molecule has 1 aliphatic carbocycles. The molecule has 1 saturated heterocycles. The highest BCUT2D eigenvalue weighted by Crippen LogP contribution is 2.40. The van der Waals surface area contributed by atoms with Crippen LogP contribution in [0, 0.1) is 11.3 Å². The van der Waals surface area contributed by atoms with E-state index in [9.17, 15) is 0 Å². The van der Waals surface area contributed by atoms with Gasteiger partial charge in [-0.3, -0.25) is 0 Å². The SMILES string of the molecule is CC(C)(C)C1CCN(c2cc(Cl)nc(C3CC3)n2)CC1. The van der Waals surface area contributed by atoms with Gasteiger partial charge in [-0.15, -0.1) is 0 Å². The van der Waals surface area contributed by atoms with E-state index in [1.54, 1.807) is 0 Å². The van der Waals surface area contributed by atoms with E-state index in [1.165, 1.54) is 25.7 Å². The number of aromatic nitrogens is 2. The van der Waals surface area contributed by atoms with Crippen LogP contribution in [0.15, 0.2) is 6.07 Å². The molecule has 3 rings (SSSR count). The molecule has 1 aromatic rings. The fourth-order valence-corrected chi connectivity index (χ4v) is 3.27. The smallest absolute Gasteiger partial charge is 0.135 e. The Hall–Kier alpha value is -0.830. The summed E-state index contributed by atoms with van der Waals surface area (Å²) in [5, 5.41) is 0.592. The molecule has 0 unspecified atom stereocenters. The molecule has 2 fully saturated rings. The van der Waals surface area contributed by atoms with Crippen LogP contribution in [0.4, 0.5) is 5.82 Å². The second-order valence-electron chi connectivity index (χ2n) is 7.31. The van der Waals surface area contributed by atoms with Gasteiger partial charge in [0.05, 0.1) is 0 Å². The summed E-state index contributed by atoms with van der Waals surface area (Å²) in [5.74, 6) is 3.34. The number of anilines is 1. The molecule has 0 amide bonds. The second-order valence-corrected chi connectivity index (χ2v) is 7.70. The third kappa shape index (κ3) is 3.08. The Kier molecular flexibility index (Phi) is 3.65. The van der Waals surface area contributed by atoms with Crippen molar-refractivity contribution in [3.8, 4) is 0 Å². The predicted molar refractivity (Wildman–Crippen MR) is 83.4 cm³/mol. The van der Waals surface area contributed by atoms with Gasteiger partial charge in [-0.2, -0.15) is 0 Å². The molecule has 0 bridgehead atoms. The molecule has 1 saturated carbocycles. The molecule has 20 heavy (non-hydrogen) atoms. The molecule has 0 atom stereocenters. The molecule has 3 nitrogen and oxygen atoms in total. The summed E-state index contributed by atoms with van der Waals surface area (Å²) in [6.07, 6.45) is 4.91. The van der Waals surface area contributed by atoms with Gasteiger partial charge < -0.3 is 4.90 Å². The Bertz CT molecular complexity index is 483. The molecular weight excluding hydrogens is 270 g/mol. The minimum absolute atomic E-state index is 0.411. The summed E-state index contributed by atoms with van der Waals surface area (Å²) < 4.78 is 0. The van der Waals surface area contributed by atoms with E-state index in [0.717, 1.165) is 30.6 Å². The van der Waals surface area contributed by atoms with Gasteiger partial charge in [0.25, 0.3) is 0 Å². The average Bonchev–Trinajstić information content (AvgIpc) is 3.21. The summed E-state index contributed by atoms with van der Waals surface area (Å²) in [5.41, 5.74) is 0.411. The van der Waals surface area contributed by atoms with Crippen LogP contribution in [-0.2, 0) is 0 Å². The summed E-state index contributed by atoms with van der Waals surface area (Å²) in [6, 6.07) is 1.92. The highest BCUT2D eigenvalue weighted by Gasteiger charge is 2.31. The van der Waals surface area contributed by atoms with Gasteiger partial charge in [0.2, 0.25) is 0 Å². The first-order chi connectivity index (χ1) is 9.43. The van der Waals surface area contributed by atoms with Crippen LogP contribution in [-0.4, -0.2) is 23.1 Å². The molecule has 110 valence electrons. The normalized spacial score (nSPS) is 21.3. The van der Waals surface area contributed by atoms with Crippen molar-refractivity contribution in [1.82, 2.24) is 9.97 Å². The van der Waals surface area contributed by atoms with Crippen molar-refractivity contribution in [3.05, 3.63) is 17.0 Å². The van der Waals surface area contributed by atoms with E-state index in [0.29, 0.717) is 16.5 Å². The third-order valence-corrected chi connectivity index (χ3v) is 4.88. The number of rotatable bonds is 2. The van der Waals surface area contributed by atoms with Crippen molar-refractivity contribution in [2.45, 2.75) is 52.4 Å². The van der Waals surface area contributed by atoms with Crippen molar-refractivity contribution in [2.75, 3.05) is 18.0 Å². The van der Waals surface area contributed by atoms with Gasteiger partial charge in [-0.05, 0) is 37.0 Å². The third-order valence-electron chi connectivity index (χ3n) is 4.68. The standard InChI is InChI=1S/C16H24ClN3/c1-16(2,3)12-6-8-20(9-7-12)14-10-13(17)18-15(19-14)11-4-5-11/h10-12H,4-9H2,1-3H3. The van der Waals surface area contributed by atoms with Crippen molar-refractivity contribution >= 4 is 17.4 Å². The number of halogens is 1. The number of hydrogen-bond acceptors (Lipinski definition) is 3. The zero-order valence-electron chi connectivity index (χ0n) is 12.7. The maximum atomic E-state index is 6.16. The Balaban J connectivity index is 1.71. The fraction of sp³-hybridized carbons (Fsp3) is 0.750. The monoisotopic (exact) mass is 293 g/mol. The first kappa shape index (κ1) is 14.1. The molecular formula is C16H24ClN3. The maximum Gasteiger partial charge on any atom is 0.135 e. The number of nitrogens with zero attached hydrogens (tertiary/aromatic N) is 3. The van der Waals surface area contributed by atoms with Gasteiger partial charge in [-0.25, -0.2) is 9.97 Å². The predicted octanol–water partition coefficient (Wildman–Crippen LogP) is 4.27. The second kappa shape index (κ2) is 5.18. The first-order valence-corrected chi connectivity index (χ1v) is 8.11. The lowest BCUT2D eigenvalue weighted by Gasteiger charge is -2.39. The van der Waals surface area contributed by atoms with E-state index in [1.807, 2.05) is 6.07 Å². The van der Waals surface area contributed by atoms with Crippen molar-refractivity contribution in [3.63, 3.8) is 0 Å². The Labute approximate surface area is 126 Å². The molecule has 2 aliphatic rings. The summed E-state index contributed by atoms with van der Waals surface area (Å²) in [6.45, 7) is 9.21. The van der Waals surface area contributed by atoms with Crippen LogP contribution in [0.5, 0.6) is 0 Å². The van der Waals surface area contributed by atoms with Crippen LogP contribution in [0.3, 0.4) is 0 Å². The fourth-order valence-electron chi connectivity index (χ4n) is 3.08. The van der Waals surface area contributed by atoms with E-state index >= 15 is 0 Å². The van der Waals surface area contributed by atoms with Crippen LogP contribution >= 0.6 is 11.6 Å². The molecule has 0 radical (unpaired) electrons. The molecule has 0 N–H and O–H groups in total. The van der Waals surface area contributed by atoms with E-state index in [4.69, 9.17) is 16.6 Å². The van der Waals surface area contributed by atoms with Gasteiger partial charge in [-0.1, -0.05) is 32.4 Å². The van der Waals surface area contributed by atoms with Crippen LogP contribution < -0.4 is 4.90 Å². The van der Waals surface area contributed by atoms with E-state index < -0.39 is 0 Å². The van der Waals surface area contributed by atoms with Crippen LogP contribution in [0.1, 0.15) is 58.2 Å². The zero-order valence-corrected chi connectivity index (χ0v) is 13.5. The van der Waals surface area contributed by atoms with E-state index in [2.05, 4.69) is 30.7 Å². The first-order valence-electron chi connectivity index (χ1n) is 7.73. The zero-order chi connectivity index (χ0) is 14.3. The van der Waals surface area contributed by atoms with Gasteiger partial charge in [0, 0.05) is 25.1 Å². The molecule has 1 aliphatic heterocycles.